The largest absolute Gasteiger partial charge is 0.284 e. The van der Waals surface area contributed by atoms with E-state index in [1.807, 2.05) is 18.4 Å². The lowest BCUT2D eigenvalue weighted by Gasteiger charge is -2.06. The van der Waals surface area contributed by atoms with Crippen molar-refractivity contribution < 1.29 is 8.42 Å². The molecule has 0 saturated carbocycles. The molecular formula is C10H11N3O2S2. The Morgan fingerprint density at radius 1 is 1.29 bits per heavy atom. The molecule has 0 aliphatic rings. The topological polar surface area (TPSA) is 74.8 Å². The summed E-state index contributed by atoms with van der Waals surface area (Å²) in [5.74, 6) is 0. The molecule has 2 N–H and O–H groups in total. The van der Waals surface area contributed by atoms with Gasteiger partial charge >= 0.3 is 0 Å². The van der Waals surface area contributed by atoms with Gasteiger partial charge in [-0.3, -0.25) is 9.82 Å². The van der Waals surface area contributed by atoms with E-state index < -0.39 is 10.0 Å². The molecule has 0 atom stereocenters. The molecule has 0 fully saturated rings. The minimum Gasteiger partial charge on any atom is -0.284 e. The van der Waals surface area contributed by atoms with Gasteiger partial charge in [0.25, 0.3) is 10.0 Å². The van der Waals surface area contributed by atoms with Crippen LogP contribution >= 0.6 is 11.8 Å². The van der Waals surface area contributed by atoms with Gasteiger partial charge in [-0.05, 0) is 30.5 Å². The lowest BCUT2D eigenvalue weighted by Crippen LogP contribution is -2.11. The number of benzene rings is 1. The summed E-state index contributed by atoms with van der Waals surface area (Å²) in [6.45, 7) is 0. The van der Waals surface area contributed by atoms with Crippen molar-refractivity contribution in [2.75, 3.05) is 11.0 Å². The van der Waals surface area contributed by atoms with Crippen molar-refractivity contribution in [1.82, 2.24) is 10.2 Å². The third-order valence-corrected chi connectivity index (χ3v) is 4.22. The second-order valence-electron chi connectivity index (χ2n) is 3.27. The van der Waals surface area contributed by atoms with E-state index in [-0.39, 0.29) is 4.90 Å². The third kappa shape index (κ3) is 2.80. The molecule has 5 nitrogen and oxygen atoms in total. The summed E-state index contributed by atoms with van der Waals surface area (Å²) in [5.41, 5.74) is 0.531. The van der Waals surface area contributed by atoms with Crippen molar-refractivity contribution in [3.05, 3.63) is 36.7 Å². The first-order chi connectivity index (χ1) is 8.12. The van der Waals surface area contributed by atoms with Crippen LogP contribution in [0.2, 0.25) is 0 Å². The van der Waals surface area contributed by atoms with Gasteiger partial charge in [-0.15, -0.1) is 11.8 Å². The van der Waals surface area contributed by atoms with Crippen LogP contribution in [0.15, 0.2) is 46.5 Å². The predicted molar refractivity (Wildman–Crippen MR) is 67.6 cm³/mol. The summed E-state index contributed by atoms with van der Waals surface area (Å²) in [7, 11) is -3.54. The highest BCUT2D eigenvalue weighted by molar-refractivity contribution is 7.98. The zero-order valence-electron chi connectivity index (χ0n) is 9.04. The number of aromatic amines is 1. The van der Waals surface area contributed by atoms with E-state index >= 15 is 0 Å². The Bertz CT molecular complexity index is 577. The Morgan fingerprint density at radius 2 is 2.00 bits per heavy atom. The van der Waals surface area contributed by atoms with E-state index in [2.05, 4.69) is 14.9 Å². The van der Waals surface area contributed by atoms with Crippen molar-refractivity contribution in [2.24, 2.45) is 0 Å². The minimum absolute atomic E-state index is 0.117. The lowest BCUT2D eigenvalue weighted by atomic mass is 10.3. The predicted octanol–water partition coefficient (Wildman–Crippen LogP) is 1.93. The standard InChI is InChI=1S/C10H11N3O2S2/c1-16-9-4-2-8(3-5-9)13-17(14,15)10-6-11-12-7-10/h2-7,13H,1H3,(H,11,12). The quantitative estimate of drug-likeness (QED) is 0.832. The van der Waals surface area contributed by atoms with Gasteiger partial charge in [0, 0.05) is 16.8 Å². The average Bonchev–Trinajstić information content (AvgIpc) is 2.84. The van der Waals surface area contributed by atoms with E-state index in [1.54, 1.807) is 23.9 Å². The van der Waals surface area contributed by atoms with Crippen molar-refractivity contribution >= 4 is 27.5 Å². The van der Waals surface area contributed by atoms with Gasteiger partial charge in [0.2, 0.25) is 0 Å². The summed E-state index contributed by atoms with van der Waals surface area (Å²) in [4.78, 5) is 1.20. The molecule has 1 aromatic carbocycles. The molecule has 7 heteroatoms. The molecule has 0 saturated heterocycles. The highest BCUT2D eigenvalue weighted by Crippen LogP contribution is 2.19. The minimum atomic E-state index is -3.54. The second-order valence-corrected chi connectivity index (χ2v) is 5.83. The highest BCUT2D eigenvalue weighted by Gasteiger charge is 2.14. The number of aromatic nitrogens is 2. The maximum Gasteiger partial charge on any atom is 0.265 e. The maximum absolute atomic E-state index is 11.8. The van der Waals surface area contributed by atoms with Crippen LogP contribution < -0.4 is 4.72 Å². The molecule has 2 aromatic rings. The lowest BCUT2D eigenvalue weighted by molar-refractivity contribution is 0.601. The van der Waals surface area contributed by atoms with Crippen LogP contribution in [0.25, 0.3) is 0 Å². The molecule has 2 rings (SSSR count). The fraction of sp³-hybridized carbons (Fsp3) is 0.100. The van der Waals surface area contributed by atoms with E-state index in [1.165, 1.54) is 12.4 Å². The van der Waals surface area contributed by atoms with Crippen molar-refractivity contribution in [3.63, 3.8) is 0 Å². The van der Waals surface area contributed by atoms with Crippen LogP contribution in [0.5, 0.6) is 0 Å². The van der Waals surface area contributed by atoms with E-state index in [0.717, 1.165) is 4.90 Å². The highest BCUT2D eigenvalue weighted by atomic mass is 32.2. The summed E-state index contributed by atoms with van der Waals surface area (Å²) in [6.07, 6.45) is 4.56. The van der Waals surface area contributed by atoms with Crippen molar-refractivity contribution in [1.29, 1.82) is 0 Å². The van der Waals surface area contributed by atoms with Gasteiger partial charge in [0.05, 0.1) is 6.20 Å². The van der Waals surface area contributed by atoms with Crippen LogP contribution in [-0.2, 0) is 10.0 Å². The first kappa shape index (κ1) is 12.0. The molecule has 0 unspecified atom stereocenters. The number of anilines is 1. The molecule has 1 heterocycles. The van der Waals surface area contributed by atoms with Crippen LogP contribution in [0.3, 0.4) is 0 Å². The van der Waals surface area contributed by atoms with Crippen molar-refractivity contribution in [3.8, 4) is 0 Å². The summed E-state index contributed by atoms with van der Waals surface area (Å²) in [5, 5.41) is 6.08. The van der Waals surface area contributed by atoms with Gasteiger partial charge in [0.15, 0.2) is 0 Å². The Morgan fingerprint density at radius 3 is 2.53 bits per heavy atom. The third-order valence-electron chi connectivity index (χ3n) is 2.13. The monoisotopic (exact) mass is 269 g/mol. The molecule has 0 radical (unpaired) electrons. The first-order valence-corrected chi connectivity index (χ1v) is 7.48. The average molecular weight is 269 g/mol. The number of thioether (sulfide) groups is 1. The Hall–Kier alpha value is -1.47. The number of rotatable bonds is 4. The molecule has 0 aliphatic carbocycles. The van der Waals surface area contributed by atoms with E-state index in [0.29, 0.717) is 5.69 Å². The smallest absolute Gasteiger partial charge is 0.265 e. The Balaban J connectivity index is 2.21. The van der Waals surface area contributed by atoms with Crippen LogP contribution in [0.1, 0.15) is 0 Å². The van der Waals surface area contributed by atoms with Gasteiger partial charge in [-0.25, -0.2) is 8.42 Å². The second kappa shape index (κ2) is 4.80. The molecule has 17 heavy (non-hydrogen) atoms. The van der Waals surface area contributed by atoms with Crippen molar-refractivity contribution in [2.45, 2.75) is 9.79 Å². The maximum atomic E-state index is 11.8. The normalized spacial score (nSPS) is 11.4. The molecule has 0 aliphatic heterocycles. The molecule has 0 bridgehead atoms. The SMILES string of the molecule is CSc1ccc(NS(=O)(=O)c2cn[nH]c2)cc1. The fourth-order valence-electron chi connectivity index (χ4n) is 1.26. The molecular weight excluding hydrogens is 258 g/mol. The zero-order chi connectivity index (χ0) is 12.3. The van der Waals surface area contributed by atoms with Gasteiger partial charge < -0.3 is 0 Å². The summed E-state index contributed by atoms with van der Waals surface area (Å²) < 4.78 is 26.2. The number of nitrogens with one attached hydrogen (secondary N) is 2. The van der Waals surface area contributed by atoms with Crippen LogP contribution in [0.4, 0.5) is 5.69 Å². The number of H-pyrrole nitrogens is 1. The number of hydrogen-bond acceptors (Lipinski definition) is 4. The van der Waals surface area contributed by atoms with E-state index in [9.17, 15) is 8.42 Å². The summed E-state index contributed by atoms with van der Waals surface area (Å²) >= 11 is 1.60. The molecule has 90 valence electrons. The van der Waals surface area contributed by atoms with E-state index in [4.69, 9.17) is 0 Å². The number of nitrogens with zero attached hydrogens (tertiary/aromatic N) is 1. The van der Waals surface area contributed by atoms with Gasteiger partial charge in [-0.2, -0.15) is 5.10 Å². The van der Waals surface area contributed by atoms with Gasteiger partial charge in [0.1, 0.15) is 4.90 Å². The van der Waals surface area contributed by atoms with Crippen LogP contribution in [0, 0.1) is 0 Å². The Kier molecular flexibility index (Phi) is 3.39. The number of hydrogen-bond donors (Lipinski definition) is 2. The zero-order valence-corrected chi connectivity index (χ0v) is 10.7. The molecule has 0 spiro atoms. The summed E-state index contributed by atoms with van der Waals surface area (Å²) in [6, 6.07) is 7.17. The molecule has 0 amide bonds. The Labute approximate surface area is 104 Å². The first-order valence-electron chi connectivity index (χ1n) is 4.77. The van der Waals surface area contributed by atoms with Gasteiger partial charge in [-0.1, -0.05) is 0 Å². The van der Waals surface area contributed by atoms with Crippen LogP contribution in [-0.4, -0.2) is 24.9 Å². The number of sulfonamides is 1. The molecule has 1 aromatic heterocycles. The fourth-order valence-corrected chi connectivity index (χ4v) is 2.63.